The van der Waals surface area contributed by atoms with E-state index < -0.39 is 0 Å². The molecule has 2 unspecified atom stereocenters. The number of hydrogen-bond donors (Lipinski definition) is 1. The first kappa shape index (κ1) is 12.5. The number of rotatable bonds is 5. The first-order valence-corrected chi connectivity index (χ1v) is 6.50. The number of likely N-dealkylation sites (tertiary alicyclic amines) is 1. The van der Waals surface area contributed by atoms with E-state index in [9.17, 15) is 0 Å². The van der Waals surface area contributed by atoms with Crippen LogP contribution < -0.4 is 5.32 Å². The lowest BCUT2D eigenvalue weighted by atomic mass is 10.2. The van der Waals surface area contributed by atoms with E-state index in [0.717, 1.165) is 12.2 Å². The van der Waals surface area contributed by atoms with Crippen molar-refractivity contribution < 1.29 is 0 Å². The number of hydrogen-bond acceptors (Lipinski definition) is 4. The highest BCUT2D eigenvalue weighted by molar-refractivity contribution is 5.01. The lowest BCUT2D eigenvalue weighted by Gasteiger charge is -2.24. The van der Waals surface area contributed by atoms with Crippen LogP contribution in [0.1, 0.15) is 38.4 Å². The van der Waals surface area contributed by atoms with Gasteiger partial charge in [0.05, 0.1) is 5.69 Å². The van der Waals surface area contributed by atoms with Gasteiger partial charge < -0.3 is 10.2 Å². The minimum Gasteiger partial charge on any atom is -0.305 e. The summed E-state index contributed by atoms with van der Waals surface area (Å²) in [6.45, 7) is 8.03. The van der Waals surface area contributed by atoms with E-state index in [4.69, 9.17) is 0 Å². The molecule has 4 heteroatoms. The third kappa shape index (κ3) is 3.75. The Morgan fingerprint density at radius 2 is 2.06 bits per heavy atom. The van der Waals surface area contributed by atoms with Crippen molar-refractivity contribution in [3.63, 3.8) is 0 Å². The van der Waals surface area contributed by atoms with Crippen molar-refractivity contribution in [1.82, 2.24) is 20.2 Å². The molecule has 2 atom stereocenters. The topological polar surface area (TPSA) is 41.0 Å². The SMILES string of the molecule is CC(CN1CCCC1)NC(C)c1cnccn1. The molecule has 4 nitrogen and oxygen atoms in total. The summed E-state index contributed by atoms with van der Waals surface area (Å²) < 4.78 is 0. The van der Waals surface area contributed by atoms with Crippen LogP contribution in [-0.4, -0.2) is 40.5 Å². The molecule has 1 N–H and O–H groups in total. The van der Waals surface area contributed by atoms with Crippen LogP contribution in [-0.2, 0) is 0 Å². The van der Waals surface area contributed by atoms with Crippen LogP contribution in [0, 0.1) is 0 Å². The van der Waals surface area contributed by atoms with E-state index in [1.54, 1.807) is 12.4 Å². The zero-order chi connectivity index (χ0) is 12.1. The number of aromatic nitrogens is 2. The third-order valence-electron chi connectivity index (χ3n) is 3.29. The zero-order valence-electron chi connectivity index (χ0n) is 10.8. The maximum absolute atomic E-state index is 4.32. The summed E-state index contributed by atoms with van der Waals surface area (Å²) in [5, 5.41) is 3.58. The zero-order valence-corrected chi connectivity index (χ0v) is 10.8. The second kappa shape index (κ2) is 6.07. The highest BCUT2D eigenvalue weighted by Crippen LogP contribution is 2.11. The van der Waals surface area contributed by atoms with Gasteiger partial charge in [0, 0.05) is 37.2 Å². The van der Waals surface area contributed by atoms with Crippen LogP contribution in [0.5, 0.6) is 0 Å². The molecule has 2 heterocycles. The second-order valence-electron chi connectivity index (χ2n) is 4.93. The van der Waals surface area contributed by atoms with Crippen molar-refractivity contribution in [3.8, 4) is 0 Å². The summed E-state index contributed by atoms with van der Waals surface area (Å²) in [5.41, 5.74) is 1.01. The summed E-state index contributed by atoms with van der Waals surface area (Å²) in [4.78, 5) is 11.0. The highest BCUT2D eigenvalue weighted by Gasteiger charge is 2.16. The van der Waals surface area contributed by atoms with Crippen molar-refractivity contribution in [2.45, 2.75) is 38.8 Å². The fourth-order valence-corrected chi connectivity index (χ4v) is 2.45. The first-order chi connectivity index (χ1) is 8.25. The van der Waals surface area contributed by atoms with Gasteiger partial charge in [-0.15, -0.1) is 0 Å². The van der Waals surface area contributed by atoms with Crippen LogP contribution in [0.4, 0.5) is 0 Å². The van der Waals surface area contributed by atoms with Gasteiger partial charge in [0.1, 0.15) is 0 Å². The minimum absolute atomic E-state index is 0.265. The van der Waals surface area contributed by atoms with Gasteiger partial charge in [0.15, 0.2) is 0 Å². The van der Waals surface area contributed by atoms with Gasteiger partial charge >= 0.3 is 0 Å². The minimum atomic E-state index is 0.265. The molecule has 94 valence electrons. The molecule has 0 radical (unpaired) electrons. The predicted molar refractivity (Wildman–Crippen MR) is 68.7 cm³/mol. The van der Waals surface area contributed by atoms with E-state index >= 15 is 0 Å². The van der Waals surface area contributed by atoms with Gasteiger partial charge in [-0.3, -0.25) is 9.97 Å². The molecule has 1 aliphatic rings. The van der Waals surface area contributed by atoms with E-state index in [1.807, 2.05) is 6.20 Å². The van der Waals surface area contributed by atoms with Gasteiger partial charge in [-0.05, 0) is 39.8 Å². The largest absolute Gasteiger partial charge is 0.305 e. The van der Waals surface area contributed by atoms with Gasteiger partial charge in [0.25, 0.3) is 0 Å². The van der Waals surface area contributed by atoms with Crippen molar-refractivity contribution in [2.24, 2.45) is 0 Å². The average Bonchev–Trinajstić information content (AvgIpc) is 2.82. The Hall–Kier alpha value is -1.00. The van der Waals surface area contributed by atoms with Crippen molar-refractivity contribution >= 4 is 0 Å². The summed E-state index contributed by atoms with van der Waals surface area (Å²) in [5.74, 6) is 0. The van der Waals surface area contributed by atoms with Crippen LogP contribution in [0.2, 0.25) is 0 Å². The Labute approximate surface area is 103 Å². The molecular formula is C13H22N4. The van der Waals surface area contributed by atoms with Crippen molar-refractivity contribution in [1.29, 1.82) is 0 Å². The molecule has 1 fully saturated rings. The van der Waals surface area contributed by atoms with Gasteiger partial charge in [-0.25, -0.2) is 0 Å². The normalized spacial score (nSPS) is 20.4. The Morgan fingerprint density at radius 3 is 2.71 bits per heavy atom. The van der Waals surface area contributed by atoms with Gasteiger partial charge in [0.2, 0.25) is 0 Å². The van der Waals surface area contributed by atoms with E-state index in [2.05, 4.69) is 34.0 Å². The molecule has 1 aliphatic heterocycles. The van der Waals surface area contributed by atoms with E-state index in [-0.39, 0.29) is 6.04 Å². The Bertz CT molecular complexity index is 321. The first-order valence-electron chi connectivity index (χ1n) is 6.50. The Kier molecular flexibility index (Phi) is 4.45. The summed E-state index contributed by atoms with van der Waals surface area (Å²) in [6.07, 6.45) is 8.00. The number of nitrogens with zero attached hydrogens (tertiary/aromatic N) is 3. The third-order valence-corrected chi connectivity index (χ3v) is 3.29. The molecule has 0 aromatic carbocycles. The molecule has 0 spiro atoms. The fraction of sp³-hybridized carbons (Fsp3) is 0.692. The molecule has 0 saturated carbocycles. The lowest BCUT2D eigenvalue weighted by molar-refractivity contribution is 0.288. The number of nitrogens with one attached hydrogen (secondary N) is 1. The molecule has 1 aromatic heterocycles. The molecule has 1 saturated heterocycles. The van der Waals surface area contributed by atoms with Crippen LogP contribution in [0.25, 0.3) is 0 Å². The maximum atomic E-state index is 4.32. The van der Waals surface area contributed by atoms with Crippen LogP contribution >= 0.6 is 0 Å². The van der Waals surface area contributed by atoms with Crippen LogP contribution in [0.15, 0.2) is 18.6 Å². The predicted octanol–water partition coefficient (Wildman–Crippen LogP) is 1.61. The van der Waals surface area contributed by atoms with E-state index in [0.29, 0.717) is 6.04 Å². The molecule has 2 rings (SSSR count). The lowest BCUT2D eigenvalue weighted by Crippen LogP contribution is -2.39. The molecule has 0 aliphatic carbocycles. The Morgan fingerprint density at radius 1 is 1.29 bits per heavy atom. The van der Waals surface area contributed by atoms with Crippen molar-refractivity contribution in [3.05, 3.63) is 24.3 Å². The van der Waals surface area contributed by atoms with Crippen molar-refractivity contribution in [2.75, 3.05) is 19.6 Å². The quantitative estimate of drug-likeness (QED) is 0.840. The highest BCUT2D eigenvalue weighted by atomic mass is 15.2. The Balaban J connectivity index is 1.79. The smallest absolute Gasteiger partial charge is 0.0753 e. The molecule has 17 heavy (non-hydrogen) atoms. The maximum Gasteiger partial charge on any atom is 0.0753 e. The molecule has 0 amide bonds. The van der Waals surface area contributed by atoms with Gasteiger partial charge in [-0.1, -0.05) is 0 Å². The van der Waals surface area contributed by atoms with Crippen LogP contribution in [0.3, 0.4) is 0 Å². The van der Waals surface area contributed by atoms with Gasteiger partial charge in [-0.2, -0.15) is 0 Å². The van der Waals surface area contributed by atoms with E-state index in [1.165, 1.54) is 25.9 Å². The average molecular weight is 234 g/mol. The molecule has 0 bridgehead atoms. The summed E-state index contributed by atoms with van der Waals surface area (Å²) in [7, 11) is 0. The molecule has 1 aromatic rings. The fourth-order valence-electron chi connectivity index (χ4n) is 2.45. The second-order valence-corrected chi connectivity index (χ2v) is 4.93. The molecular weight excluding hydrogens is 212 g/mol. The summed E-state index contributed by atoms with van der Waals surface area (Å²) >= 11 is 0. The standard InChI is InChI=1S/C13H22N4/c1-11(10-17-7-3-4-8-17)16-12(2)13-9-14-5-6-15-13/h5-6,9,11-12,16H,3-4,7-8,10H2,1-2H3. The summed E-state index contributed by atoms with van der Waals surface area (Å²) in [6, 6.07) is 0.756. The monoisotopic (exact) mass is 234 g/mol.